The Balaban J connectivity index is 2.12. The van der Waals surface area contributed by atoms with Gasteiger partial charge in [0.25, 0.3) is 0 Å². The molecular formula is C23H27NO3. The molecule has 1 heterocycles. The fourth-order valence-electron chi connectivity index (χ4n) is 3.81. The Morgan fingerprint density at radius 3 is 2.22 bits per heavy atom. The highest BCUT2D eigenvalue weighted by Crippen LogP contribution is 2.48. The third kappa shape index (κ3) is 3.36. The van der Waals surface area contributed by atoms with Crippen molar-refractivity contribution in [2.45, 2.75) is 52.1 Å². The molecule has 0 unspecified atom stereocenters. The monoisotopic (exact) mass is 365 g/mol. The van der Waals surface area contributed by atoms with Gasteiger partial charge in [-0.05, 0) is 50.3 Å². The summed E-state index contributed by atoms with van der Waals surface area (Å²) in [6.45, 7) is 9.48. The van der Waals surface area contributed by atoms with E-state index in [9.17, 15) is 9.59 Å². The first-order chi connectivity index (χ1) is 12.7. The van der Waals surface area contributed by atoms with Crippen molar-refractivity contribution in [3.63, 3.8) is 0 Å². The maximum atomic E-state index is 13.7. The van der Waals surface area contributed by atoms with Crippen LogP contribution in [-0.2, 0) is 21.4 Å². The second-order valence-electron chi connectivity index (χ2n) is 8.43. The van der Waals surface area contributed by atoms with E-state index in [0.29, 0.717) is 12.1 Å². The molecule has 0 radical (unpaired) electrons. The number of benzene rings is 2. The molecule has 0 aromatic heterocycles. The van der Waals surface area contributed by atoms with Gasteiger partial charge in [0, 0.05) is 0 Å². The highest BCUT2D eigenvalue weighted by molar-refractivity contribution is 6.21. The van der Waals surface area contributed by atoms with Crippen LogP contribution in [0.2, 0.25) is 0 Å². The molecule has 2 amide bonds. The van der Waals surface area contributed by atoms with Gasteiger partial charge in [-0.25, -0.2) is 9.69 Å². The number of nitrogens with zero attached hydrogens (tertiary/aromatic N) is 1. The van der Waals surface area contributed by atoms with Gasteiger partial charge in [0.1, 0.15) is 5.60 Å². The number of ether oxygens (including phenoxy) is 1. The van der Waals surface area contributed by atoms with Crippen molar-refractivity contribution in [3.05, 3.63) is 65.7 Å². The van der Waals surface area contributed by atoms with Crippen molar-refractivity contribution in [2.24, 2.45) is 5.92 Å². The van der Waals surface area contributed by atoms with Crippen LogP contribution in [0.4, 0.5) is 10.5 Å². The van der Waals surface area contributed by atoms with Crippen molar-refractivity contribution in [2.75, 3.05) is 4.90 Å². The van der Waals surface area contributed by atoms with E-state index < -0.39 is 17.1 Å². The van der Waals surface area contributed by atoms with Crippen molar-refractivity contribution < 1.29 is 14.3 Å². The maximum Gasteiger partial charge on any atom is 0.421 e. The Morgan fingerprint density at radius 1 is 1.04 bits per heavy atom. The quantitative estimate of drug-likeness (QED) is 0.760. The number of carbonyl (C=O) groups excluding carboxylic acids is 2. The van der Waals surface area contributed by atoms with Crippen LogP contribution in [0.5, 0.6) is 0 Å². The third-order valence-corrected chi connectivity index (χ3v) is 5.10. The number of hydrogen-bond acceptors (Lipinski definition) is 3. The first-order valence-electron chi connectivity index (χ1n) is 9.38. The molecule has 1 aliphatic rings. The normalized spacial score (nSPS) is 19.3. The van der Waals surface area contributed by atoms with Crippen LogP contribution < -0.4 is 4.90 Å². The first-order valence-corrected chi connectivity index (χ1v) is 9.38. The summed E-state index contributed by atoms with van der Waals surface area (Å²) in [4.78, 5) is 27.8. The predicted octanol–water partition coefficient (Wildman–Crippen LogP) is 5.10. The summed E-state index contributed by atoms with van der Waals surface area (Å²) in [6, 6.07) is 17.5. The number of carbonyl (C=O) groups is 2. The van der Waals surface area contributed by atoms with Crippen molar-refractivity contribution >= 4 is 17.7 Å². The molecule has 2 aromatic carbocycles. The van der Waals surface area contributed by atoms with Crippen molar-refractivity contribution in [1.82, 2.24) is 0 Å². The second kappa shape index (κ2) is 6.84. The van der Waals surface area contributed by atoms with Crippen molar-refractivity contribution in [1.29, 1.82) is 0 Å². The van der Waals surface area contributed by atoms with E-state index in [4.69, 9.17) is 4.74 Å². The van der Waals surface area contributed by atoms with Crippen LogP contribution >= 0.6 is 0 Å². The largest absolute Gasteiger partial charge is 0.443 e. The van der Waals surface area contributed by atoms with Gasteiger partial charge in [-0.15, -0.1) is 0 Å². The number of amides is 2. The van der Waals surface area contributed by atoms with Gasteiger partial charge in [0.05, 0.1) is 11.1 Å². The summed E-state index contributed by atoms with van der Waals surface area (Å²) >= 11 is 0. The molecule has 27 heavy (non-hydrogen) atoms. The third-order valence-electron chi connectivity index (χ3n) is 5.10. The highest BCUT2D eigenvalue weighted by Gasteiger charge is 2.55. The van der Waals surface area contributed by atoms with E-state index in [2.05, 4.69) is 0 Å². The zero-order chi connectivity index (χ0) is 19.8. The van der Waals surface area contributed by atoms with Gasteiger partial charge in [-0.2, -0.15) is 0 Å². The summed E-state index contributed by atoms with van der Waals surface area (Å²) in [5.74, 6) is -0.199. The van der Waals surface area contributed by atoms with Crippen molar-refractivity contribution in [3.8, 4) is 0 Å². The van der Waals surface area contributed by atoms with Crippen LogP contribution in [0.15, 0.2) is 54.6 Å². The van der Waals surface area contributed by atoms with Crippen LogP contribution in [0.25, 0.3) is 0 Å². The van der Waals surface area contributed by atoms with Crippen LogP contribution in [0.3, 0.4) is 0 Å². The smallest absolute Gasteiger partial charge is 0.421 e. The standard InChI is InChI=1S/C23H27NO3/c1-16(2)23(15-17-11-7-6-8-12-17)18-13-9-10-14-19(18)24(20(23)25)21(26)27-22(3,4)5/h6-14,16H,15H2,1-5H3/t23-/m0/s1. The molecule has 1 atom stereocenters. The molecule has 4 heteroatoms. The maximum absolute atomic E-state index is 13.7. The van der Waals surface area contributed by atoms with Crippen LogP contribution in [-0.4, -0.2) is 17.6 Å². The number of anilines is 1. The number of para-hydroxylation sites is 1. The molecule has 0 spiro atoms. The summed E-state index contributed by atoms with van der Waals surface area (Å²) in [6.07, 6.45) is -0.0729. The number of hydrogen-bond donors (Lipinski definition) is 0. The van der Waals surface area contributed by atoms with Crippen LogP contribution in [0.1, 0.15) is 45.7 Å². The molecule has 142 valence electrons. The van der Waals surface area contributed by atoms with E-state index in [1.165, 1.54) is 4.90 Å². The van der Waals surface area contributed by atoms with Gasteiger partial charge in [-0.1, -0.05) is 62.4 Å². The minimum absolute atomic E-state index is 0.0128. The fraction of sp³-hybridized carbons (Fsp3) is 0.391. The zero-order valence-corrected chi connectivity index (χ0v) is 16.7. The fourth-order valence-corrected chi connectivity index (χ4v) is 3.81. The number of imide groups is 1. The van der Waals surface area contributed by atoms with Gasteiger partial charge in [0.15, 0.2) is 0 Å². The first kappa shape index (κ1) is 19.2. The van der Waals surface area contributed by atoms with Gasteiger partial charge < -0.3 is 4.74 Å². The number of rotatable bonds is 3. The SMILES string of the molecule is CC(C)[C@]1(Cc2ccccc2)C(=O)N(C(=O)OC(C)(C)C)c2ccccc21. The number of fused-ring (bicyclic) bond motifs is 1. The lowest BCUT2D eigenvalue weighted by molar-refractivity contribution is -0.124. The molecule has 0 saturated carbocycles. The molecule has 2 aromatic rings. The molecule has 1 aliphatic heterocycles. The summed E-state index contributed by atoms with van der Waals surface area (Å²) in [7, 11) is 0. The average Bonchev–Trinajstić information content (AvgIpc) is 2.84. The molecule has 0 saturated heterocycles. The summed E-state index contributed by atoms with van der Waals surface area (Å²) < 4.78 is 5.54. The van der Waals surface area contributed by atoms with Gasteiger partial charge >= 0.3 is 6.09 Å². The Labute approximate surface area is 161 Å². The van der Waals surface area contributed by atoms with E-state index in [-0.39, 0.29) is 11.8 Å². The lowest BCUT2D eigenvalue weighted by Gasteiger charge is -2.33. The molecular weight excluding hydrogens is 338 g/mol. The minimum Gasteiger partial charge on any atom is -0.443 e. The zero-order valence-electron chi connectivity index (χ0n) is 16.7. The minimum atomic E-state index is -0.797. The summed E-state index contributed by atoms with van der Waals surface area (Å²) in [5.41, 5.74) is 1.12. The van der Waals surface area contributed by atoms with Crippen LogP contribution in [0, 0.1) is 5.92 Å². The van der Waals surface area contributed by atoms with E-state index in [1.54, 1.807) is 20.8 Å². The molecule has 3 rings (SSSR count). The Bertz CT molecular complexity index is 851. The average molecular weight is 365 g/mol. The highest BCUT2D eigenvalue weighted by atomic mass is 16.6. The van der Waals surface area contributed by atoms with E-state index in [1.807, 2.05) is 68.4 Å². The lowest BCUT2D eigenvalue weighted by atomic mass is 9.68. The van der Waals surface area contributed by atoms with Gasteiger partial charge in [0.2, 0.25) is 5.91 Å². The lowest BCUT2D eigenvalue weighted by Crippen LogP contribution is -2.48. The molecule has 0 bridgehead atoms. The van der Waals surface area contributed by atoms with Gasteiger partial charge in [-0.3, -0.25) is 4.79 Å². The summed E-state index contributed by atoms with van der Waals surface area (Å²) in [5, 5.41) is 0. The molecule has 0 fully saturated rings. The molecule has 0 N–H and O–H groups in total. The molecule has 4 nitrogen and oxygen atoms in total. The molecule has 0 aliphatic carbocycles. The Kier molecular flexibility index (Phi) is 4.85. The second-order valence-corrected chi connectivity index (χ2v) is 8.43. The topological polar surface area (TPSA) is 46.6 Å². The predicted molar refractivity (Wildman–Crippen MR) is 107 cm³/mol. The van der Waals surface area contributed by atoms with E-state index in [0.717, 1.165) is 11.1 Å². The Morgan fingerprint density at radius 2 is 1.63 bits per heavy atom. The van der Waals surface area contributed by atoms with E-state index >= 15 is 0 Å². The Hall–Kier alpha value is -2.62.